The third-order valence-corrected chi connectivity index (χ3v) is 4.45. The van der Waals surface area contributed by atoms with Gasteiger partial charge in [-0.2, -0.15) is 0 Å². The molecule has 20 heavy (non-hydrogen) atoms. The van der Waals surface area contributed by atoms with E-state index in [1.165, 1.54) is 22.1 Å². The molecule has 0 fully saturated rings. The van der Waals surface area contributed by atoms with Crippen molar-refractivity contribution >= 4 is 10.8 Å². The van der Waals surface area contributed by atoms with Crippen molar-refractivity contribution in [3.05, 3.63) is 77.6 Å². The van der Waals surface area contributed by atoms with Crippen LogP contribution in [0.2, 0.25) is 0 Å². The zero-order valence-corrected chi connectivity index (χ0v) is 11.2. The molecule has 2 heteroatoms. The molecule has 1 aliphatic rings. The molecule has 0 saturated carbocycles. The van der Waals surface area contributed by atoms with Gasteiger partial charge in [0.15, 0.2) is 0 Å². The van der Waals surface area contributed by atoms with Crippen LogP contribution in [0, 0.1) is 0 Å². The number of nitrogens with zero attached hydrogens (tertiary/aromatic N) is 1. The van der Waals surface area contributed by atoms with Gasteiger partial charge in [0, 0.05) is 17.8 Å². The Bertz CT molecular complexity index is 789. The number of fused-ring (bicyclic) bond motifs is 2. The van der Waals surface area contributed by atoms with E-state index in [2.05, 4.69) is 53.5 Å². The zero-order chi connectivity index (χ0) is 13.6. The second-order valence-corrected chi connectivity index (χ2v) is 5.53. The van der Waals surface area contributed by atoms with Crippen molar-refractivity contribution in [1.29, 1.82) is 0 Å². The number of pyridine rings is 1. The van der Waals surface area contributed by atoms with Gasteiger partial charge in [-0.15, -0.1) is 0 Å². The average molecular weight is 260 g/mol. The number of nitrogens with two attached hydrogens (primary N) is 1. The molecule has 1 aromatic heterocycles. The van der Waals surface area contributed by atoms with Crippen LogP contribution in [0.5, 0.6) is 0 Å². The summed E-state index contributed by atoms with van der Waals surface area (Å²) < 4.78 is 0. The fraction of sp³-hybridized carbons (Fsp3) is 0.167. The van der Waals surface area contributed by atoms with E-state index >= 15 is 0 Å². The van der Waals surface area contributed by atoms with Gasteiger partial charge in [0.05, 0.1) is 5.54 Å². The van der Waals surface area contributed by atoms with E-state index in [0.29, 0.717) is 0 Å². The lowest BCUT2D eigenvalue weighted by Crippen LogP contribution is -2.35. The summed E-state index contributed by atoms with van der Waals surface area (Å²) in [6.07, 6.45) is 5.76. The lowest BCUT2D eigenvalue weighted by Gasteiger charge is -2.27. The third-order valence-electron chi connectivity index (χ3n) is 4.45. The first kappa shape index (κ1) is 11.6. The number of benzene rings is 2. The van der Waals surface area contributed by atoms with Gasteiger partial charge >= 0.3 is 0 Å². The lowest BCUT2D eigenvalue weighted by atomic mass is 9.83. The van der Waals surface area contributed by atoms with Gasteiger partial charge in [-0.1, -0.05) is 42.5 Å². The molecule has 0 radical (unpaired) electrons. The summed E-state index contributed by atoms with van der Waals surface area (Å²) in [5.74, 6) is 0. The van der Waals surface area contributed by atoms with Crippen LogP contribution in [0.1, 0.15) is 23.1 Å². The molecule has 1 heterocycles. The van der Waals surface area contributed by atoms with Crippen LogP contribution < -0.4 is 5.73 Å². The molecule has 1 aliphatic carbocycles. The maximum atomic E-state index is 6.84. The molecule has 3 aromatic rings. The van der Waals surface area contributed by atoms with Crippen LogP contribution >= 0.6 is 0 Å². The summed E-state index contributed by atoms with van der Waals surface area (Å²) in [6.45, 7) is 0. The summed E-state index contributed by atoms with van der Waals surface area (Å²) in [4.78, 5) is 4.21. The molecule has 0 amide bonds. The third kappa shape index (κ3) is 1.52. The van der Waals surface area contributed by atoms with Crippen molar-refractivity contribution in [3.63, 3.8) is 0 Å². The minimum atomic E-state index is -0.378. The molecule has 1 unspecified atom stereocenters. The monoisotopic (exact) mass is 260 g/mol. The number of aryl methyl sites for hydroxylation is 1. The number of hydrogen-bond donors (Lipinski definition) is 1. The second kappa shape index (κ2) is 4.15. The van der Waals surface area contributed by atoms with Gasteiger partial charge in [0.2, 0.25) is 0 Å². The molecule has 0 aliphatic heterocycles. The first-order chi connectivity index (χ1) is 9.79. The van der Waals surface area contributed by atoms with Crippen molar-refractivity contribution < 1.29 is 0 Å². The van der Waals surface area contributed by atoms with Gasteiger partial charge in [0.25, 0.3) is 0 Å². The fourth-order valence-electron chi connectivity index (χ4n) is 3.43. The van der Waals surface area contributed by atoms with Crippen LogP contribution in [0.4, 0.5) is 0 Å². The molecule has 98 valence electrons. The standard InChI is InChI=1S/C18H16N2/c19-18(10-8-13-4-1-2-6-16(13)18)17-7-3-5-14-12-20-11-9-15(14)17/h1-7,9,11-12H,8,10,19H2. The van der Waals surface area contributed by atoms with E-state index in [4.69, 9.17) is 5.73 Å². The zero-order valence-electron chi connectivity index (χ0n) is 11.2. The molecule has 2 nitrogen and oxygen atoms in total. The van der Waals surface area contributed by atoms with Crippen LogP contribution in [0.15, 0.2) is 60.9 Å². The summed E-state index contributed by atoms with van der Waals surface area (Å²) in [5.41, 5.74) is 10.3. The van der Waals surface area contributed by atoms with Crippen LogP contribution in [-0.2, 0) is 12.0 Å². The molecular formula is C18H16N2. The van der Waals surface area contributed by atoms with Crippen molar-refractivity contribution in [3.8, 4) is 0 Å². The molecule has 4 rings (SSSR count). The SMILES string of the molecule is NC1(c2cccc3cnccc23)CCc2ccccc21. The van der Waals surface area contributed by atoms with E-state index in [0.717, 1.165) is 18.2 Å². The number of rotatable bonds is 1. The summed E-state index contributed by atoms with van der Waals surface area (Å²) in [5, 5.41) is 2.36. The van der Waals surface area contributed by atoms with Gasteiger partial charge in [0.1, 0.15) is 0 Å². The summed E-state index contributed by atoms with van der Waals surface area (Å²) in [7, 11) is 0. The Morgan fingerprint density at radius 3 is 2.75 bits per heavy atom. The highest BCUT2D eigenvalue weighted by Gasteiger charge is 2.37. The molecule has 0 bridgehead atoms. The van der Waals surface area contributed by atoms with Crippen LogP contribution in [-0.4, -0.2) is 4.98 Å². The first-order valence-corrected chi connectivity index (χ1v) is 6.99. The second-order valence-electron chi connectivity index (χ2n) is 5.53. The highest BCUT2D eigenvalue weighted by molar-refractivity contribution is 5.86. The largest absolute Gasteiger partial charge is 0.318 e. The molecule has 0 saturated heterocycles. The van der Waals surface area contributed by atoms with Crippen LogP contribution in [0.25, 0.3) is 10.8 Å². The van der Waals surface area contributed by atoms with E-state index in [1.807, 2.05) is 12.4 Å². The van der Waals surface area contributed by atoms with Gasteiger partial charge in [-0.05, 0) is 41.0 Å². The van der Waals surface area contributed by atoms with Gasteiger partial charge in [-0.3, -0.25) is 4.98 Å². The topological polar surface area (TPSA) is 38.9 Å². The maximum absolute atomic E-state index is 6.84. The van der Waals surface area contributed by atoms with Crippen molar-refractivity contribution in [2.75, 3.05) is 0 Å². The van der Waals surface area contributed by atoms with Crippen molar-refractivity contribution in [2.24, 2.45) is 5.73 Å². The molecule has 1 atom stereocenters. The predicted molar refractivity (Wildman–Crippen MR) is 81.5 cm³/mol. The normalized spacial score (nSPS) is 21.1. The molecule has 2 N–H and O–H groups in total. The Labute approximate surface area is 118 Å². The van der Waals surface area contributed by atoms with E-state index in [1.54, 1.807) is 0 Å². The van der Waals surface area contributed by atoms with Crippen molar-refractivity contribution in [2.45, 2.75) is 18.4 Å². The van der Waals surface area contributed by atoms with E-state index in [9.17, 15) is 0 Å². The first-order valence-electron chi connectivity index (χ1n) is 6.99. The smallest absolute Gasteiger partial charge is 0.0677 e. The molecule has 2 aromatic carbocycles. The van der Waals surface area contributed by atoms with Crippen molar-refractivity contribution in [1.82, 2.24) is 4.98 Å². The molecule has 0 spiro atoms. The Morgan fingerprint density at radius 1 is 0.950 bits per heavy atom. The maximum Gasteiger partial charge on any atom is 0.0677 e. The summed E-state index contributed by atoms with van der Waals surface area (Å²) >= 11 is 0. The van der Waals surface area contributed by atoms with Crippen LogP contribution in [0.3, 0.4) is 0 Å². The molecular weight excluding hydrogens is 244 g/mol. The lowest BCUT2D eigenvalue weighted by molar-refractivity contribution is 0.539. The van der Waals surface area contributed by atoms with E-state index in [-0.39, 0.29) is 5.54 Å². The van der Waals surface area contributed by atoms with Gasteiger partial charge in [-0.25, -0.2) is 0 Å². The number of hydrogen-bond acceptors (Lipinski definition) is 2. The Morgan fingerprint density at radius 2 is 1.80 bits per heavy atom. The average Bonchev–Trinajstić information content (AvgIpc) is 2.86. The highest BCUT2D eigenvalue weighted by atomic mass is 14.8. The quantitative estimate of drug-likeness (QED) is 0.728. The minimum Gasteiger partial charge on any atom is -0.318 e. The van der Waals surface area contributed by atoms with E-state index < -0.39 is 0 Å². The Kier molecular flexibility index (Phi) is 2.41. The Balaban J connectivity index is 2.01. The van der Waals surface area contributed by atoms with Gasteiger partial charge < -0.3 is 5.73 Å². The number of aromatic nitrogens is 1. The predicted octanol–water partition coefficient (Wildman–Crippen LogP) is 3.38. The minimum absolute atomic E-state index is 0.378. The highest BCUT2D eigenvalue weighted by Crippen LogP contribution is 2.42. The Hall–Kier alpha value is -2.19. The summed E-state index contributed by atoms with van der Waals surface area (Å²) in [6, 6.07) is 16.9. The fourth-order valence-corrected chi connectivity index (χ4v) is 3.43.